The first-order valence-corrected chi connectivity index (χ1v) is 5.76. The van der Waals surface area contributed by atoms with E-state index in [0.29, 0.717) is 17.1 Å². The van der Waals surface area contributed by atoms with E-state index in [1.807, 2.05) is 0 Å². The van der Waals surface area contributed by atoms with Gasteiger partial charge in [-0.15, -0.1) is 0 Å². The summed E-state index contributed by atoms with van der Waals surface area (Å²) in [5.41, 5.74) is 6.09. The van der Waals surface area contributed by atoms with Gasteiger partial charge in [-0.1, -0.05) is 12.1 Å². The van der Waals surface area contributed by atoms with E-state index in [9.17, 15) is 14.9 Å². The molecule has 0 saturated carbocycles. The fraction of sp³-hybridized carbons (Fsp3) is 0.0769. The van der Waals surface area contributed by atoms with Crippen LogP contribution in [0.25, 0.3) is 0 Å². The number of carbonyl (C=O) groups is 1. The number of nitrogens with two attached hydrogens (primary N) is 1. The normalized spacial score (nSPS) is 10.1. The molecule has 0 radical (unpaired) electrons. The molecule has 2 rings (SSSR count). The van der Waals surface area contributed by atoms with Crippen molar-refractivity contribution < 1.29 is 9.72 Å². The molecular formula is C13H12N4O3. The molecule has 0 unspecified atom stereocenters. The van der Waals surface area contributed by atoms with Gasteiger partial charge in [-0.3, -0.25) is 14.9 Å². The Morgan fingerprint density at radius 2 is 2.10 bits per heavy atom. The average molecular weight is 272 g/mol. The van der Waals surface area contributed by atoms with Crippen LogP contribution in [0.3, 0.4) is 0 Å². The van der Waals surface area contributed by atoms with Gasteiger partial charge in [0.15, 0.2) is 0 Å². The second-order valence-electron chi connectivity index (χ2n) is 4.15. The molecular weight excluding hydrogens is 260 g/mol. The van der Waals surface area contributed by atoms with Crippen LogP contribution in [0.1, 0.15) is 15.9 Å². The van der Waals surface area contributed by atoms with Crippen molar-refractivity contribution in [3.05, 3.63) is 57.8 Å². The Hall–Kier alpha value is -2.96. The lowest BCUT2D eigenvalue weighted by atomic mass is 10.1. The zero-order chi connectivity index (χ0) is 14.7. The number of pyridine rings is 1. The molecule has 1 aromatic carbocycles. The van der Waals surface area contributed by atoms with Crippen LogP contribution >= 0.6 is 0 Å². The number of hydrogen-bond donors (Lipinski definition) is 2. The van der Waals surface area contributed by atoms with Crippen LogP contribution in [0.2, 0.25) is 0 Å². The molecule has 1 aromatic heterocycles. The number of aryl methyl sites for hydroxylation is 1. The summed E-state index contributed by atoms with van der Waals surface area (Å²) < 4.78 is 0. The Morgan fingerprint density at radius 3 is 2.70 bits per heavy atom. The first-order valence-electron chi connectivity index (χ1n) is 5.76. The van der Waals surface area contributed by atoms with Crippen LogP contribution in [0.15, 0.2) is 36.5 Å². The Morgan fingerprint density at radius 1 is 1.35 bits per heavy atom. The van der Waals surface area contributed by atoms with Gasteiger partial charge in [0.1, 0.15) is 11.4 Å². The zero-order valence-corrected chi connectivity index (χ0v) is 10.7. The number of carbonyl (C=O) groups excluding carboxylic acids is 1. The molecule has 0 aliphatic rings. The minimum Gasteiger partial charge on any atom is -0.384 e. The minimum atomic E-state index is -0.564. The van der Waals surface area contributed by atoms with Crippen LogP contribution in [-0.4, -0.2) is 15.8 Å². The number of para-hydroxylation sites is 1. The maximum Gasteiger partial charge on any atom is 0.285 e. The molecule has 1 amide bonds. The number of hydrogen-bond acceptors (Lipinski definition) is 5. The Labute approximate surface area is 114 Å². The van der Waals surface area contributed by atoms with Gasteiger partial charge >= 0.3 is 0 Å². The highest BCUT2D eigenvalue weighted by atomic mass is 16.6. The van der Waals surface area contributed by atoms with Crippen molar-refractivity contribution in [2.45, 2.75) is 6.92 Å². The van der Waals surface area contributed by atoms with Crippen molar-refractivity contribution >= 4 is 23.1 Å². The lowest BCUT2D eigenvalue weighted by molar-refractivity contribution is -0.385. The smallest absolute Gasteiger partial charge is 0.285 e. The second kappa shape index (κ2) is 5.35. The fourth-order valence-corrected chi connectivity index (χ4v) is 1.76. The first kappa shape index (κ1) is 13.5. The maximum absolute atomic E-state index is 12.1. The van der Waals surface area contributed by atoms with Crippen molar-refractivity contribution in [3.8, 4) is 0 Å². The van der Waals surface area contributed by atoms with E-state index in [0.717, 1.165) is 0 Å². The number of nitro groups is 1. The summed E-state index contributed by atoms with van der Waals surface area (Å²) in [6, 6.07) is 7.69. The SMILES string of the molecule is Cc1cccc(C(=O)Nc2ccc(N)nc2)c1[N+](=O)[O-]. The Kier molecular flexibility index (Phi) is 3.60. The highest BCUT2D eigenvalue weighted by molar-refractivity contribution is 6.07. The molecule has 20 heavy (non-hydrogen) atoms. The van der Waals surface area contributed by atoms with E-state index in [-0.39, 0.29) is 11.3 Å². The van der Waals surface area contributed by atoms with Crippen molar-refractivity contribution in [1.82, 2.24) is 4.98 Å². The van der Waals surface area contributed by atoms with Gasteiger partial charge < -0.3 is 11.1 Å². The summed E-state index contributed by atoms with van der Waals surface area (Å²) in [5.74, 6) is -0.239. The van der Waals surface area contributed by atoms with Crippen molar-refractivity contribution in [3.63, 3.8) is 0 Å². The number of amides is 1. The van der Waals surface area contributed by atoms with E-state index in [1.165, 1.54) is 18.3 Å². The number of nitrogens with one attached hydrogen (secondary N) is 1. The number of rotatable bonds is 3. The lowest BCUT2D eigenvalue weighted by Crippen LogP contribution is -2.14. The average Bonchev–Trinajstić information content (AvgIpc) is 2.40. The van der Waals surface area contributed by atoms with E-state index in [2.05, 4.69) is 10.3 Å². The summed E-state index contributed by atoms with van der Waals surface area (Å²) in [5, 5.41) is 13.6. The lowest BCUT2D eigenvalue weighted by Gasteiger charge is -2.07. The van der Waals surface area contributed by atoms with Gasteiger partial charge in [0.05, 0.1) is 16.8 Å². The molecule has 7 nitrogen and oxygen atoms in total. The highest BCUT2D eigenvalue weighted by Crippen LogP contribution is 2.24. The van der Waals surface area contributed by atoms with E-state index in [4.69, 9.17) is 5.73 Å². The molecule has 2 aromatic rings. The molecule has 1 heterocycles. The van der Waals surface area contributed by atoms with E-state index >= 15 is 0 Å². The van der Waals surface area contributed by atoms with E-state index < -0.39 is 10.8 Å². The minimum absolute atomic E-state index is 0.00632. The third kappa shape index (κ3) is 2.72. The van der Waals surface area contributed by atoms with Crippen LogP contribution in [0.4, 0.5) is 17.2 Å². The molecule has 0 atom stereocenters. The monoisotopic (exact) mass is 272 g/mol. The summed E-state index contributed by atoms with van der Waals surface area (Å²) in [7, 11) is 0. The van der Waals surface area contributed by atoms with Gasteiger partial charge in [0.25, 0.3) is 11.6 Å². The number of benzene rings is 1. The maximum atomic E-state index is 12.1. The van der Waals surface area contributed by atoms with Crippen molar-refractivity contribution in [2.75, 3.05) is 11.1 Å². The molecule has 0 aliphatic carbocycles. The van der Waals surface area contributed by atoms with Crippen LogP contribution < -0.4 is 11.1 Å². The summed E-state index contributed by atoms with van der Waals surface area (Å²) in [6.45, 7) is 1.58. The van der Waals surface area contributed by atoms with Crippen molar-refractivity contribution in [2.24, 2.45) is 0 Å². The highest BCUT2D eigenvalue weighted by Gasteiger charge is 2.22. The van der Waals surface area contributed by atoms with Crippen LogP contribution in [0, 0.1) is 17.0 Å². The predicted molar refractivity (Wildman–Crippen MR) is 74.4 cm³/mol. The molecule has 3 N–H and O–H groups in total. The van der Waals surface area contributed by atoms with E-state index in [1.54, 1.807) is 25.1 Å². The number of nitrogens with zero attached hydrogens (tertiary/aromatic N) is 2. The first-order chi connectivity index (χ1) is 9.49. The molecule has 0 spiro atoms. The molecule has 7 heteroatoms. The van der Waals surface area contributed by atoms with Gasteiger partial charge in [0.2, 0.25) is 0 Å². The van der Waals surface area contributed by atoms with Crippen LogP contribution in [0.5, 0.6) is 0 Å². The topological polar surface area (TPSA) is 111 Å². The molecule has 0 fully saturated rings. The fourth-order valence-electron chi connectivity index (χ4n) is 1.76. The molecule has 0 bridgehead atoms. The third-order valence-electron chi connectivity index (χ3n) is 2.71. The largest absolute Gasteiger partial charge is 0.384 e. The number of nitro benzene ring substituents is 1. The summed E-state index contributed by atoms with van der Waals surface area (Å²) >= 11 is 0. The van der Waals surface area contributed by atoms with Gasteiger partial charge in [-0.05, 0) is 25.1 Å². The number of anilines is 2. The van der Waals surface area contributed by atoms with Crippen LogP contribution in [-0.2, 0) is 0 Å². The number of nitrogen functional groups attached to an aromatic ring is 1. The molecule has 102 valence electrons. The Bertz CT molecular complexity index is 668. The molecule has 0 saturated heterocycles. The van der Waals surface area contributed by atoms with Gasteiger partial charge in [-0.2, -0.15) is 0 Å². The zero-order valence-electron chi connectivity index (χ0n) is 10.7. The number of aromatic nitrogens is 1. The quantitative estimate of drug-likeness (QED) is 0.656. The summed E-state index contributed by atoms with van der Waals surface area (Å²) in [6.07, 6.45) is 1.38. The third-order valence-corrected chi connectivity index (χ3v) is 2.71. The molecule has 0 aliphatic heterocycles. The van der Waals surface area contributed by atoms with Gasteiger partial charge in [-0.25, -0.2) is 4.98 Å². The second-order valence-corrected chi connectivity index (χ2v) is 4.15. The van der Waals surface area contributed by atoms with Crippen molar-refractivity contribution in [1.29, 1.82) is 0 Å². The predicted octanol–water partition coefficient (Wildman–Crippen LogP) is 2.13. The van der Waals surface area contributed by atoms with Gasteiger partial charge in [0, 0.05) is 5.56 Å². The Balaban J connectivity index is 2.32. The standard InChI is InChI=1S/C13H12N4O3/c1-8-3-2-4-10(12(8)17(19)20)13(18)16-9-5-6-11(14)15-7-9/h2-7H,1H3,(H2,14,15)(H,16,18). The summed E-state index contributed by atoms with van der Waals surface area (Å²) in [4.78, 5) is 26.4.